The van der Waals surface area contributed by atoms with Crippen molar-refractivity contribution in [2.45, 2.75) is 24.6 Å². The van der Waals surface area contributed by atoms with Crippen molar-refractivity contribution in [1.82, 2.24) is 9.97 Å². The Morgan fingerprint density at radius 3 is 2.76 bits per heavy atom. The van der Waals surface area contributed by atoms with Gasteiger partial charge in [0.15, 0.2) is 0 Å². The molecular weight excluding hydrogens is 460 g/mol. The number of methoxy groups -OCH3 is 1. The fourth-order valence-electron chi connectivity index (χ4n) is 2.70. The molecule has 0 amide bonds. The van der Waals surface area contributed by atoms with Gasteiger partial charge in [0.05, 0.1) is 30.0 Å². The van der Waals surface area contributed by atoms with Crippen molar-refractivity contribution in [2.75, 3.05) is 13.7 Å². The molecule has 0 saturated heterocycles. The third kappa shape index (κ3) is 5.58. The van der Waals surface area contributed by atoms with Crippen molar-refractivity contribution in [1.29, 1.82) is 0 Å². The quantitative estimate of drug-likeness (QED) is 0.341. The molecule has 152 valence electrons. The molecule has 1 aromatic carbocycles. The maximum Gasteiger partial charge on any atom is 0.319 e. The van der Waals surface area contributed by atoms with E-state index in [1.807, 2.05) is 31.2 Å². The Morgan fingerprint density at radius 2 is 2.07 bits per heavy atom. The number of pyridine rings is 1. The van der Waals surface area contributed by atoms with E-state index >= 15 is 0 Å². The van der Waals surface area contributed by atoms with E-state index < -0.39 is 4.83 Å². The Balaban J connectivity index is 1.55. The first-order valence-corrected chi connectivity index (χ1v) is 10.3. The van der Waals surface area contributed by atoms with Crippen LogP contribution in [0.5, 0.6) is 5.88 Å². The predicted molar refractivity (Wildman–Crippen MR) is 114 cm³/mol. The van der Waals surface area contributed by atoms with Gasteiger partial charge in [-0.05, 0) is 31.0 Å². The van der Waals surface area contributed by atoms with Crippen molar-refractivity contribution in [3.8, 4) is 17.3 Å². The highest BCUT2D eigenvalue weighted by atomic mass is 79.9. The van der Waals surface area contributed by atoms with Crippen molar-refractivity contribution in [2.24, 2.45) is 0 Å². The highest BCUT2D eigenvalue weighted by Crippen LogP contribution is 2.28. The smallest absolute Gasteiger partial charge is 0.319 e. The fraction of sp³-hybridized carbons (Fsp3) is 0.286. The zero-order valence-corrected chi connectivity index (χ0v) is 18.4. The van der Waals surface area contributed by atoms with E-state index in [0.717, 1.165) is 22.6 Å². The molecule has 0 aliphatic carbocycles. The van der Waals surface area contributed by atoms with Crippen LogP contribution in [0.2, 0.25) is 5.02 Å². The van der Waals surface area contributed by atoms with Crippen LogP contribution in [0.3, 0.4) is 0 Å². The second-order valence-corrected chi connectivity index (χ2v) is 7.81. The number of alkyl halides is 1. The van der Waals surface area contributed by atoms with E-state index in [1.54, 1.807) is 18.3 Å². The van der Waals surface area contributed by atoms with Crippen LogP contribution in [0.4, 0.5) is 0 Å². The Hall–Kier alpha value is -2.38. The van der Waals surface area contributed by atoms with Crippen LogP contribution in [0, 0.1) is 6.92 Å². The van der Waals surface area contributed by atoms with Crippen LogP contribution in [0.1, 0.15) is 17.0 Å². The molecule has 0 fully saturated rings. The molecule has 0 saturated carbocycles. The van der Waals surface area contributed by atoms with Crippen molar-refractivity contribution >= 4 is 33.5 Å². The number of ether oxygens (including phenoxy) is 2. The number of hydrogen-bond acceptors (Lipinski definition) is 6. The number of benzene rings is 1. The second-order valence-electron chi connectivity index (χ2n) is 6.30. The molecule has 1 unspecified atom stereocenters. The van der Waals surface area contributed by atoms with Crippen molar-refractivity contribution in [3.63, 3.8) is 0 Å². The standard InChI is InChI=1S/C21H20BrClN2O4/c1-13-18(25-20(29-13)15-5-3-4-6-17(15)23)9-10-28-19-8-7-14(12-24-19)11-16(22)21(26)27-2/h3-8,12,16H,9-11H2,1-2H3. The summed E-state index contributed by atoms with van der Waals surface area (Å²) in [5, 5.41) is 0.596. The van der Waals surface area contributed by atoms with Gasteiger partial charge in [0.1, 0.15) is 10.6 Å². The first-order chi connectivity index (χ1) is 14.0. The van der Waals surface area contributed by atoms with Gasteiger partial charge < -0.3 is 13.9 Å². The third-order valence-electron chi connectivity index (χ3n) is 4.26. The zero-order valence-electron chi connectivity index (χ0n) is 16.0. The summed E-state index contributed by atoms with van der Waals surface area (Å²) in [6, 6.07) is 11.1. The van der Waals surface area contributed by atoms with Gasteiger partial charge in [-0.15, -0.1) is 0 Å². The summed E-state index contributed by atoms with van der Waals surface area (Å²) in [5.41, 5.74) is 2.48. The van der Waals surface area contributed by atoms with Crippen molar-refractivity contribution < 1.29 is 18.7 Å². The number of carbonyl (C=O) groups is 1. The molecule has 3 aromatic rings. The Labute approximate surface area is 182 Å². The average Bonchev–Trinajstić information content (AvgIpc) is 3.09. The summed E-state index contributed by atoms with van der Waals surface area (Å²) in [7, 11) is 1.36. The van der Waals surface area contributed by atoms with Gasteiger partial charge in [-0.1, -0.05) is 45.7 Å². The summed E-state index contributed by atoms with van der Waals surface area (Å²) >= 11 is 9.51. The molecule has 2 aromatic heterocycles. The molecule has 6 nitrogen and oxygen atoms in total. The van der Waals surface area contributed by atoms with Crippen LogP contribution in [0.25, 0.3) is 11.5 Å². The number of nitrogens with zero attached hydrogens (tertiary/aromatic N) is 2. The molecule has 8 heteroatoms. The first kappa shape index (κ1) is 21.3. The molecule has 0 aliphatic heterocycles. The summed E-state index contributed by atoms with van der Waals surface area (Å²) in [5.74, 6) is 1.42. The lowest BCUT2D eigenvalue weighted by Gasteiger charge is -2.08. The zero-order chi connectivity index (χ0) is 20.8. The minimum Gasteiger partial charge on any atom is -0.477 e. The molecule has 29 heavy (non-hydrogen) atoms. The van der Waals surface area contributed by atoms with Crippen LogP contribution in [-0.4, -0.2) is 34.5 Å². The third-order valence-corrected chi connectivity index (χ3v) is 5.28. The maximum absolute atomic E-state index is 11.5. The second kappa shape index (κ2) is 9.89. The Morgan fingerprint density at radius 1 is 1.28 bits per heavy atom. The minimum absolute atomic E-state index is 0.315. The lowest BCUT2D eigenvalue weighted by atomic mass is 10.1. The van der Waals surface area contributed by atoms with Gasteiger partial charge >= 0.3 is 5.97 Å². The Kier molecular flexibility index (Phi) is 7.28. The van der Waals surface area contributed by atoms with Crippen molar-refractivity contribution in [3.05, 3.63) is 64.6 Å². The molecule has 0 aliphatic rings. The lowest BCUT2D eigenvalue weighted by Crippen LogP contribution is -2.18. The lowest BCUT2D eigenvalue weighted by molar-refractivity contribution is -0.139. The van der Waals surface area contributed by atoms with Crippen LogP contribution >= 0.6 is 27.5 Å². The number of esters is 1. The monoisotopic (exact) mass is 478 g/mol. The minimum atomic E-state index is -0.400. The summed E-state index contributed by atoms with van der Waals surface area (Å²) in [6.07, 6.45) is 2.75. The number of halogens is 2. The summed E-state index contributed by atoms with van der Waals surface area (Å²) in [4.78, 5) is 19.9. The number of rotatable bonds is 8. The number of carbonyl (C=O) groups excluding carboxylic acids is 1. The van der Waals surface area contributed by atoms with Crippen LogP contribution in [-0.2, 0) is 22.4 Å². The van der Waals surface area contributed by atoms with Gasteiger partial charge in [0.2, 0.25) is 11.8 Å². The average molecular weight is 480 g/mol. The molecule has 2 heterocycles. The molecule has 0 radical (unpaired) electrons. The first-order valence-electron chi connectivity index (χ1n) is 8.98. The van der Waals surface area contributed by atoms with Crippen LogP contribution in [0.15, 0.2) is 47.0 Å². The van der Waals surface area contributed by atoms with E-state index in [4.69, 9.17) is 25.5 Å². The highest BCUT2D eigenvalue weighted by Gasteiger charge is 2.16. The van der Waals surface area contributed by atoms with E-state index in [2.05, 4.69) is 25.9 Å². The largest absolute Gasteiger partial charge is 0.477 e. The van der Waals surface area contributed by atoms with E-state index in [9.17, 15) is 4.79 Å². The topological polar surface area (TPSA) is 74.5 Å². The Bertz CT molecular complexity index is 975. The molecule has 0 spiro atoms. The SMILES string of the molecule is COC(=O)C(Br)Cc1ccc(OCCc2nc(-c3ccccc3Cl)oc2C)nc1. The summed E-state index contributed by atoms with van der Waals surface area (Å²) < 4.78 is 16.2. The van der Waals surface area contributed by atoms with Gasteiger partial charge in [0.25, 0.3) is 0 Å². The van der Waals surface area contributed by atoms with Gasteiger partial charge in [0, 0.05) is 18.7 Å². The normalized spacial score (nSPS) is 11.9. The highest BCUT2D eigenvalue weighted by molar-refractivity contribution is 9.10. The number of aryl methyl sites for hydroxylation is 1. The van der Waals surface area contributed by atoms with Gasteiger partial charge in [-0.25, -0.2) is 9.97 Å². The maximum atomic E-state index is 11.5. The van der Waals surface area contributed by atoms with E-state index in [1.165, 1.54) is 7.11 Å². The summed E-state index contributed by atoms with van der Waals surface area (Å²) in [6.45, 7) is 2.28. The molecule has 0 bridgehead atoms. The fourth-order valence-corrected chi connectivity index (χ4v) is 3.47. The number of hydrogen-bond donors (Lipinski definition) is 0. The predicted octanol–water partition coefficient (Wildman–Crippen LogP) is 4.80. The van der Waals surface area contributed by atoms with Crippen LogP contribution < -0.4 is 4.74 Å². The van der Waals surface area contributed by atoms with Gasteiger partial charge in [-0.3, -0.25) is 4.79 Å². The molecule has 3 rings (SSSR count). The van der Waals surface area contributed by atoms with E-state index in [0.29, 0.717) is 36.2 Å². The number of aromatic nitrogens is 2. The molecule has 0 N–H and O–H groups in total. The number of oxazole rings is 1. The van der Waals surface area contributed by atoms with Gasteiger partial charge in [-0.2, -0.15) is 0 Å². The molecular formula is C21H20BrClN2O4. The van der Waals surface area contributed by atoms with E-state index in [-0.39, 0.29) is 5.97 Å². The molecule has 1 atom stereocenters.